The van der Waals surface area contributed by atoms with Gasteiger partial charge in [0.15, 0.2) is 5.03 Å². The molecule has 0 amide bonds. The van der Waals surface area contributed by atoms with Crippen LogP contribution in [0.5, 0.6) is 0 Å². The number of sulfonamides is 1. The van der Waals surface area contributed by atoms with Crippen molar-refractivity contribution in [2.24, 2.45) is 5.92 Å². The molecule has 1 aromatic rings. The highest BCUT2D eigenvalue weighted by Crippen LogP contribution is 2.29. The molecule has 2 rings (SSSR count). The number of aromatic nitrogens is 2. The van der Waals surface area contributed by atoms with Crippen LogP contribution in [0.25, 0.3) is 0 Å². The van der Waals surface area contributed by atoms with Gasteiger partial charge in [-0.3, -0.25) is 4.79 Å². The predicted molar refractivity (Wildman–Crippen MR) is 76.2 cm³/mol. The maximum atomic E-state index is 12.6. The van der Waals surface area contributed by atoms with Crippen molar-refractivity contribution < 1.29 is 18.3 Å². The second-order valence-electron chi connectivity index (χ2n) is 5.31. The maximum Gasteiger partial charge on any atom is 0.322 e. The van der Waals surface area contributed by atoms with Gasteiger partial charge in [-0.15, -0.1) is 0 Å². The Morgan fingerprint density at radius 1 is 1.48 bits per heavy atom. The lowest BCUT2D eigenvalue weighted by Gasteiger charge is -2.35. The molecule has 7 nitrogen and oxygen atoms in total. The number of aliphatic carboxylic acids is 1. The number of imidazole rings is 1. The summed E-state index contributed by atoms with van der Waals surface area (Å²) in [5, 5.41) is 9.27. The molecule has 0 saturated carbocycles. The average Bonchev–Trinajstić information content (AvgIpc) is 2.96. The minimum Gasteiger partial charge on any atom is -0.480 e. The zero-order chi connectivity index (χ0) is 15.6. The Morgan fingerprint density at radius 3 is 2.71 bits per heavy atom. The number of hydrogen-bond donors (Lipinski definition) is 1. The molecule has 1 fully saturated rings. The molecule has 118 valence electrons. The van der Waals surface area contributed by atoms with Crippen molar-refractivity contribution in [3.8, 4) is 0 Å². The van der Waals surface area contributed by atoms with Crippen LogP contribution in [0.4, 0.5) is 0 Å². The highest BCUT2D eigenvalue weighted by molar-refractivity contribution is 7.89. The van der Waals surface area contributed by atoms with E-state index >= 15 is 0 Å². The van der Waals surface area contributed by atoms with Crippen LogP contribution < -0.4 is 0 Å². The Balaban J connectivity index is 2.31. The van der Waals surface area contributed by atoms with Crippen LogP contribution in [0, 0.1) is 5.92 Å². The number of aryl methyl sites for hydroxylation is 1. The van der Waals surface area contributed by atoms with Crippen LogP contribution >= 0.6 is 0 Å². The molecule has 1 aromatic heterocycles. The van der Waals surface area contributed by atoms with E-state index in [1.807, 2.05) is 13.8 Å². The number of hydrogen-bond acceptors (Lipinski definition) is 4. The van der Waals surface area contributed by atoms with Crippen LogP contribution in [0.2, 0.25) is 0 Å². The predicted octanol–water partition coefficient (Wildman–Crippen LogP) is 1.17. The molecule has 0 spiro atoms. The number of rotatable bonds is 5. The molecule has 0 radical (unpaired) electrons. The van der Waals surface area contributed by atoms with Crippen molar-refractivity contribution in [3.63, 3.8) is 0 Å². The molecule has 8 heteroatoms. The average molecular weight is 315 g/mol. The molecule has 2 unspecified atom stereocenters. The topological polar surface area (TPSA) is 92.5 Å². The number of carbonyl (C=O) groups is 1. The van der Waals surface area contributed by atoms with E-state index in [4.69, 9.17) is 0 Å². The zero-order valence-corrected chi connectivity index (χ0v) is 13.1. The molecule has 1 aliphatic rings. The van der Waals surface area contributed by atoms with Gasteiger partial charge in [0, 0.05) is 19.3 Å². The van der Waals surface area contributed by atoms with Gasteiger partial charge < -0.3 is 9.67 Å². The summed E-state index contributed by atoms with van der Waals surface area (Å²) in [6.07, 6.45) is 4.80. The van der Waals surface area contributed by atoms with E-state index in [2.05, 4.69) is 4.98 Å². The molecular formula is C13H21N3O4S. The van der Waals surface area contributed by atoms with Crippen molar-refractivity contribution in [3.05, 3.63) is 12.5 Å². The Bertz CT molecular complexity index is 611. The van der Waals surface area contributed by atoms with Crippen LogP contribution in [0.3, 0.4) is 0 Å². The Morgan fingerprint density at radius 2 is 2.19 bits per heavy atom. The summed E-state index contributed by atoms with van der Waals surface area (Å²) in [5.41, 5.74) is 0. The van der Waals surface area contributed by atoms with Crippen LogP contribution in [-0.4, -0.2) is 45.9 Å². The fourth-order valence-corrected chi connectivity index (χ4v) is 4.21. The second-order valence-corrected chi connectivity index (χ2v) is 7.15. The molecule has 0 aliphatic carbocycles. The molecule has 2 atom stereocenters. The van der Waals surface area contributed by atoms with Gasteiger partial charge in [0.2, 0.25) is 0 Å². The summed E-state index contributed by atoms with van der Waals surface area (Å²) in [4.78, 5) is 15.3. The van der Waals surface area contributed by atoms with E-state index in [0.29, 0.717) is 19.4 Å². The fourth-order valence-electron chi connectivity index (χ4n) is 2.67. The fraction of sp³-hybridized carbons (Fsp3) is 0.692. The van der Waals surface area contributed by atoms with E-state index < -0.39 is 22.0 Å². The van der Waals surface area contributed by atoms with E-state index in [9.17, 15) is 18.3 Å². The van der Waals surface area contributed by atoms with Crippen molar-refractivity contribution in [1.82, 2.24) is 13.9 Å². The lowest BCUT2D eigenvalue weighted by Crippen LogP contribution is -2.50. The molecule has 1 aliphatic heterocycles. The summed E-state index contributed by atoms with van der Waals surface area (Å²) in [7, 11) is -3.86. The first-order valence-corrected chi connectivity index (χ1v) is 8.60. The largest absolute Gasteiger partial charge is 0.480 e. The molecule has 2 heterocycles. The van der Waals surface area contributed by atoms with Crippen molar-refractivity contribution in [2.75, 3.05) is 6.54 Å². The zero-order valence-electron chi connectivity index (χ0n) is 12.3. The van der Waals surface area contributed by atoms with Crippen LogP contribution in [0.15, 0.2) is 17.6 Å². The minimum atomic E-state index is -3.86. The van der Waals surface area contributed by atoms with Gasteiger partial charge >= 0.3 is 5.97 Å². The summed E-state index contributed by atoms with van der Waals surface area (Å²) in [6, 6.07) is -1.000. The third kappa shape index (κ3) is 3.11. The van der Waals surface area contributed by atoms with E-state index in [1.54, 1.807) is 4.57 Å². The third-order valence-corrected chi connectivity index (χ3v) is 5.87. The van der Waals surface area contributed by atoms with Crippen molar-refractivity contribution in [1.29, 1.82) is 0 Å². The summed E-state index contributed by atoms with van der Waals surface area (Å²) in [5.74, 6) is -0.836. The number of carboxylic acids is 1. The Kier molecular flexibility index (Phi) is 4.67. The molecule has 21 heavy (non-hydrogen) atoms. The molecular weight excluding hydrogens is 294 g/mol. The second kappa shape index (κ2) is 6.15. The quantitative estimate of drug-likeness (QED) is 0.880. The minimum absolute atomic E-state index is 0.0782. The highest BCUT2D eigenvalue weighted by Gasteiger charge is 2.41. The van der Waals surface area contributed by atoms with Crippen molar-refractivity contribution in [2.45, 2.75) is 50.7 Å². The first kappa shape index (κ1) is 16.0. The normalized spacial score (nSPS) is 24.1. The monoisotopic (exact) mass is 315 g/mol. The summed E-state index contributed by atoms with van der Waals surface area (Å²) < 4.78 is 28.0. The van der Waals surface area contributed by atoms with Gasteiger partial charge in [-0.05, 0) is 25.7 Å². The smallest absolute Gasteiger partial charge is 0.322 e. The van der Waals surface area contributed by atoms with E-state index in [1.165, 1.54) is 12.5 Å². The Hall–Kier alpha value is -1.41. The van der Waals surface area contributed by atoms with Crippen LogP contribution in [-0.2, 0) is 21.4 Å². The van der Waals surface area contributed by atoms with Gasteiger partial charge in [0.25, 0.3) is 10.0 Å². The standard InChI is InChI=1S/C13H21N3O4S/c1-3-10-5-6-16(11(7-10)13(17)18)21(19,20)12-8-15(4-2)9-14-12/h8-11H,3-7H2,1-2H3,(H,17,18). The van der Waals surface area contributed by atoms with Gasteiger partial charge in [-0.25, -0.2) is 13.4 Å². The maximum absolute atomic E-state index is 12.6. The van der Waals surface area contributed by atoms with E-state index in [0.717, 1.165) is 10.7 Å². The van der Waals surface area contributed by atoms with Crippen molar-refractivity contribution >= 4 is 16.0 Å². The lowest BCUT2D eigenvalue weighted by molar-refractivity contribution is -0.143. The number of piperidine rings is 1. The molecule has 1 N–H and O–H groups in total. The first-order chi connectivity index (χ1) is 9.90. The molecule has 1 saturated heterocycles. The third-order valence-electron chi connectivity index (χ3n) is 4.07. The van der Waals surface area contributed by atoms with Crippen LogP contribution in [0.1, 0.15) is 33.1 Å². The summed E-state index contributed by atoms with van der Waals surface area (Å²) in [6.45, 7) is 4.72. The van der Waals surface area contributed by atoms with Gasteiger partial charge in [0.1, 0.15) is 6.04 Å². The SMILES string of the molecule is CCC1CCN(S(=O)(=O)c2cn(CC)cn2)C(C(=O)O)C1. The number of nitrogens with zero attached hydrogens (tertiary/aromatic N) is 3. The molecule has 0 bridgehead atoms. The first-order valence-electron chi connectivity index (χ1n) is 7.16. The Labute approximate surface area is 124 Å². The highest BCUT2D eigenvalue weighted by atomic mass is 32.2. The lowest BCUT2D eigenvalue weighted by atomic mass is 9.90. The van der Waals surface area contributed by atoms with Gasteiger partial charge in [-0.1, -0.05) is 13.3 Å². The summed E-state index contributed by atoms with van der Waals surface area (Å²) >= 11 is 0. The van der Waals surface area contributed by atoms with Gasteiger partial charge in [-0.2, -0.15) is 4.31 Å². The van der Waals surface area contributed by atoms with E-state index in [-0.39, 0.29) is 17.5 Å². The molecule has 0 aromatic carbocycles. The number of carboxylic acid groups (broad SMARTS) is 1. The van der Waals surface area contributed by atoms with Gasteiger partial charge in [0.05, 0.1) is 6.33 Å².